The average Bonchev–Trinajstić information content (AvgIpc) is 3.01. The Labute approximate surface area is 125 Å². The first-order chi connectivity index (χ1) is 9.63. The minimum Gasteiger partial charge on any atom is -0.327 e. The molecule has 0 bridgehead atoms. The first-order valence-electron chi connectivity index (χ1n) is 6.15. The molecule has 0 aliphatic carbocycles. The van der Waals surface area contributed by atoms with Gasteiger partial charge in [-0.1, -0.05) is 28.9 Å². The molecule has 1 aliphatic rings. The Morgan fingerprint density at radius 1 is 1.40 bits per heavy atom. The molecule has 0 unspecified atom stereocenters. The lowest BCUT2D eigenvalue weighted by Crippen LogP contribution is -2.23. The topological polar surface area (TPSA) is 51.0 Å². The minimum atomic E-state index is -0.0264. The van der Waals surface area contributed by atoms with Gasteiger partial charge in [-0.25, -0.2) is 4.68 Å². The molecule has 3 rings (SSSR count). The molecular formula is C13H13ClN4OS. The Morgan fingerprint density at radius 3 is 2.80 bits per heavy atom. The molecule has 2 aromatic rings. The summed E-state index contributed by atoms with van der Waals surface area (Å²) < 4.78 is 1.77. The molecule has 1 fully saturated rings. The van der Waals surface area contributed by atoms with Crippen LogP contribution in [0.25, 0.3) is 0 Å². The summed E-state index contributed by atoms with van der Waals surface area (Å²) in [5, 5.41) is 8.98. The normalized spacial score (nSPS) is 18.8. The second kappa shape index (κ2) is 5.46. The van der Waals surface area contributed by atoms with E-state index in [1.165, 1.54) is 0 Å². The van der Waals surface area contributed by atoms with E-state index in [2.05, 4.69) is 10.3 Å². The summed E-state index contributed by atoms with van der Waals surface area (Å²) in [6, 6.07) is 7.63. The van der Waals surface area contributed by atoms with Crippen LogP contribution in [0.5, 0.6) is 0 Å². The molecule has 7 heteroatoms. The van der Waals surface area contributed by atoms with Gasteiger partial charge in [0.1, 0.15) is 11.1 Å². The molecule has 1 aliphatic heterocycles. The lowest BCUT2D eigenvalue weighted by Gasteiger charge is -2.15. The monoisotopic (exact) mass is 308 g/mol. The van der Waals surface area contributed by atoms with E-state index in [1.54, 1.807) is 28.4 Å². The van der Waals surface area contributed by atoms with Crippen LogP contribution in [0.3, 0.4) is 0 Å². The zero-order valence-electron chi connectivity index (χ0n) is 10.9. The number of nitrogens with zero attached hydrogens (tertiary/aromatic N) is 4. The lowest BCUT2D eigenvalue weighted by molar-refractivity contribution is -0.126. The van der Waals surface area contributed by atoms with Gasteiger partial charge in [-0.15, -0.1) is 16.9 Å². The number of thioether (sulfide) groups is 1. The van der Waals surface area contributed by atoms with E-state index >= 15 is 0 Å². The van der Waals surface area contributed by atoms with Crippen LogP contribution in [-0.2, 0) is 11.3 Å². The van der Waals surface area contributed by atoms with Crippen molar-refractivity contribution in [2.45, 2.75) is 11.9 Å². The van der Waals surface area contributed by atoms with E-state index in [1.807, 2.05) is 30.5 Å². The number of rotatable bonds is 3. The fourth-order valence-electron chi connectivity index (χ4n) is 2.06. The minimum absolute atomic E-state index is 0.0264. The van der Waals surface area contributed by atoms with Crippen LogP contribution in [0.2, 0.25) is 5.02 Å². The van der Waals surface area contributed by atoms with Gasteiger partial charge < -0.3 is 4.90 Å². The maximum absolute atomic E-state index is 11.5. The fraction of sp³-hybridized carbons (Fsp3) is 0.308. The SMILES string of the molecule is CN1C(=O)CS[C@H]1c1cn(Cc2ccc(Cl)cc2)nn1. The highest BCUT2D eigenvalue weighted by atomic mass is 35.5. The predicted octanol–water partition coefficient (Wildman–Crippen LogP) is 2.18. The van der Waals surface area contributed by atoms with Crippen molar-refractivity contribution in [3.05, 3.63) is 46.7 Å². The fourth-order valence-corrected chi connectivity index (χ4v) is 3.31. The number of hydrogen-bond donors (Lipinski definition) is 0. The molecule has 1 atom stereocenters. The molecule has 0 saturated carbocycles. The third kappa shape index (κ3) is 2.66. The average molecular weight is 309 g/mol. The predicted molar refractivity (Wildman–Crippen MR) is 78.5 cm³/mol. The van der Waals surface area contributed by atoms with Crippen molar-refractivity contribution in [1.82, 2.24) is 19.9 Å². The molecule has 1 aromatic carbocycles. The van der Waals surface area contributed by atoms with Gasteiger partial charge in [-0.05, 0) is 17.7 Å². The first kappa shape index (κ1) is 13.5. The summed E-state index contributed by atoms with van der Waals surface area (Å²) in [6.07, 6.45) is 1.89. The molecule has 5 nitrogen and oxygen atoms in total. The number of aromatic nitrogens is 3. The van der Waals surface area contributed by atoms with Crippen LogP contribution in [0.4, 0.5) is 0 Å². The Morgan fingerprint density at radius 2 is 2.15 bits per heavy atom. The van der Waals surface area contributed by atoms with Gasteiger partial charge >= 0.3 is 0 Å². The summed E-state index contributed by atoms with van der Waals surface area (Å²) >= 11 is 7.44. The largest absolute Gasteiger partial charge is 0.327 e. The van der Waals surface area contributed by atoms with E-state index in [9.17, 15) is 4.79 Å². The van der Waals surface area contributed by atoms with E-state index in [0.717, 1.165) is 16.3 Å². The molecule has 104 valence electrons. The molecule has 2 heterocycles. The van der Waals surface area contributed by atoms with E-state index in [-0.39, 0.29) is 11.3 Å². The van der Waals surface area contributed by atoms with Gasteiger partial charge in [-0.3, -0.25) is 4.79 Å². The molecule has 1 aromatic heterocycles. The summed E-state index contributed by atoms with van der Waals surface area (Å²) in [4.78, 5) is 13.2. The second-order valence-corrected chi connectivity index (χ2v) is 6.14. The Kier molecular flexibility index (Phi) is 3.67. The molecule has 0 spiro atoms. The third-order valence-corrected chi connectivity index (χ3v) is 4.72. The van der Waals surface area contributed by atoms with Gasteiger partial charge in [0.15, 0.2) is 0 Å². The summed E-state index contributed by atoms with van der Waals surface area (Å²) in [6.45, 7) is 0.638. The van der Waals surface area contributed by atoms with Crippen molar-refractivity contribution in [2.24, 2.45) is 0 Å². The van der Waals surface area contributed by atoms with E-state index in [0.29, 0.717) is 12.3 Å². The van der Waals surface area contributed by atoms with Crippen LogP contribution in [-0.4, -0.2) is 38.6 Å². The van der Waals surface area contributed by atoms with Gasteiger partial charge in [0.25, 0.3) is 0 Å². The van der Waals surface area contributed by atoms with Crippen LogP contribution < -0.4 is 0 Å². The number of halogens is 1. The Bertz CT molecular complexity index is 628. The number of benzene rings is 1. The van der Waals surface area contributed by atoms with Crippen LogP contribution in [0.15, 0.2) is 30.5 Å². The number of carbonyl (C=O) groups is 1. The zero-order chi connectivity index (χ0) is 14.1. The third-order valence-electron chi connectivity index (χ3n) is 3.18. The van der Waals surface area contributed by atoms with Crippen molar-refractivity contribution in [3.8, 4) is 0 Å². The highest BCUT2D eigenvalue weighted by Gasteiger charge is 2.31. The number of carbonyl (C=O) groups excluding carboxylic acids is 1. The van der Waals surface area contributed by atoms with Crippen molar-refractivity contribution < 1.29 is 4.79 Å². The number of hydrogen-bond acceptors (Lipinski definition) is 4. The maximum atomic E-state index is 11.5. The van der Waals surface area contributed by atoms with E-state index < -0.39 is 0 Å². The van der Waals surface area contributed by atoms with Gasteiger partial charge in [-0.2, -0.15) is 0 Å². The molecule has 0 N–H and O–H groups in total. The lowest BCUT2D eigenvalue weighted by atomic mass is 10.2. The second-order valence-electron chi connectivity index (χ2n) is 4.64. The van der Waals surface area contributed by atoms with Gasteiger partial charge in [0, 0.05) is 12.1 Å². The smallest absolute Gasteiger partial charge is 0.233 e. The molecule has 1 saturated heterocycles. The van der Waals surface area contributed by atoms with Crippen LogP contribution in [0.1, 0.15) is 16.6 Å². The summed E-state index contributed by atoms with van der Waals surface area (Å²) in [7, 11) is 1.80. The highest BCUT2D eigenvalue weighted by Crippen LogP contribution is 2.35. The van der Waals surface area contributed by atoms with Gasteiger partial charge in [0.05, 0.1) is 18.5 Å². The maximum Gasteiger partial charge on any atom is 0.233 e. The van der Waals surface area contributed by atoms with Crippen molar-refractivity contribution in [3.63, 3.8) is 0 Å². The van der Waals surface area contributed by atoms with Crippen molar-refractivity contribution in [2.75, 3.05) is 12.8 Å². The van der Waals surface area contributed by atoms with Crippen LogP contribution in [0, 0.1) is 0 Å². The molecule has 20 heavy (non-hydrogen) atoms. The van der Waals surface area contributed by atoms with Gasteiger partial charge in [0.2, 0.25) is 5.91 Å². The Balaban J connectivity index is 1.74. The number of amides is 1. The van der Waals surface area contributed by atoms with Crippen molar-refractivity contribution in [1.29, 1.82) is 0 Å². The van der Waals surface area contributed by atoms with Crippen molar-refractivity contribution >= 4 is 29.3 Å². The Hall–Kier alpha value is -1.53. The molecule has 0 radical (unpaired) electrons. The molecule has 1 amide bonds. The van der Waals surface area contributed by atoms with E-state index in [4.69, 9.17) is 11.6 Å². The standard InChI is InChI=1S/C13H13ClN4OS/c1-17-12(19)8-20-13(17)11-7-18(16-15-11)6-9-2-4-10(14)5-3-9/h2-5,7,13H,6,8H2,1H3/t13-/m0/s1. The molecular weight excluding hydrogens is 296 g/mol. The summed E-state index contributed by atoms with van der Waals surface area (Å²) in [5.41, 5.74) is 1.92. The quantitative estimate of drug-likeness (QED) is 0.872. The first-order valence-corrected chi connectivity index (χ1v) is 7.58. The zero-order valence-corrected chi connectivity index (χ0v) is 12.4. The summed E-state index contributed by atoms with van der Waals surface area (Å²) in [5.74, 6) is 0.637. The van der Waals surface area contributed by atoms with Crippen LogP contribution >= 0.6 is 23.4 Å². The highest BCUT2D eigenvalue weighted by molar-refractivity contribution is 8.00.